The third kappa shape index (κ3) is 2.66. The van der Waals surface area contributed by atoms with Crippen molar-refractivity contribution in [2.45, 2.75) is 33.3 Å². The molecule has 1 rings (SSSR count). The van der Waals surface area contributed by atoms with E-state index in [0.29, 0.717) is 0 Å². The second-order valence-corrected chi connectivity index (χ2v) is 4.31. The fourth-order valence-electron chi connectivity index (χ4n) is 1.14. The molecule has 1 atom stereocenters. The van der Waals surface area contributed by atoms with Gasteiger partial charge in [0.1, 0.15) is 0 Å². The molecule has 3 heteroatoms. The summed E-state index contributed by atoms with van der Waals surface area (Å²) in [4.78, 5) is 0. The molecule has 1 heterocycles. The topological polar surface area (TPSA) is 48.9 Å². The van der Waals surface area contributed by atoms with E-state index in [4.69, 9.17) is 0 Å². The molecule has 0 spiro atoms. The van der Waals surface area contributed by atoms with Crippen LogP contribution in [0.25, 0.3) is 0 Å². The average Bonchev–Trinajstić information content (AvgIpc) is 2.32. The molecule has 0 aliphatic carbocycles. The number of hydrogen-bond donors (Lipinski definition) is 2. The van der Waals surface area contributed by atoms with Gasteiger partial charge in [-0.15, -0.1) is 0 Å². The molecule has 0 aliphatic heterocycles. The maximum absolute atomic E-state index is 9.69. The average molecular weight is 168 g/mol. The van der Waals surface area contributed by atoms with Crippen molar-refractivity contribution in [2.24, 2.45) is 5.41 Å². The molecule has 12 heavy (non-hydrogen) atoms. The highest BCUT2D eigenvalue weighted by Crippen LogP contribution is 2.28. The van der Waals surface area contributed by atoms with Crippen LogP contribution in [-0.2, 0) is 0 Å². The van der Waals surface area contributed by atoms with Gasteiger partial charge in [-0.05, 0) is 11.8 Å². The van der Waals surface area contributed by atoms with Crippen LogP contribution in [0.3, 0.4) is 0 Å². The van der Waals surface area contributed by atoms with Crippen LogP contribution in [0.1, 0.15) is 38.9 Å². The minimum atomic E-state index is -0.399. The predicted molar refractivity (Wildman–Crippen MR) is 47.6 cm³/mol. The first-order valence-electron chi connectivity index (χ1n) is 4.16. The Labute approximate surface area is 72.8 Å². The van der Waals surface area contributed by atoms with Crippen molar-refractivity contribution in [2.75, 3.05) is 0 Å². The van der Waals surface area contributed by atoms with E-state index in [0.717, 1.165) is 12.0 Å². The molecule has 2 N–H and O–H groups in total. The molecule has 0 aliphatic rings. The summed E-state index contributed by atoms with van der Waals surface area (Å²) in [5.41, 5.74) is 1.02. The van der Waals surface area contributed by atoms with Gasteiger partial charge in [-0.3, -0.25) is 5.10 Å². The van der Waals surface area contributed by atoms with Gasteiger partial charge in [-0.25, -0.2) is 0 Å². The van der Waals surface area contributed by atoms with E-state index in [1.807, 2.05) is 0 Å². The fraction of sp³-hybridized carbons (Fsp3) is 0.667. The maximum atomic E-state index is 9.69. The first-order valence-corrected chi connectivity index (χ1v) is 4.16. The van der Waals surface area contributed by atoms with E-state index in [-0.39, 0.29) is 5.41 Å². The predicted octanol–water partition coefficient (Wildman–Crippen LogP) is 1.88. The molecule has 1 aromatic rings. The quantitative estimate of drug-likeness (QED) is 0.708. The zero-order valence-corrected chi connectivity index (χ0v) is 7.83. The van der Waals surface area contributed by atoms with Gasteiger partial charge in [0.05, 0.1) is 12.3 Å². The van der Waals surface area contributed by atoms with Crippen LogP contribution in [0.15, 0.2) is 12.4 Å². The van der Waals surface area contributed by atoms with Crippen molar-refractivity contribution in [1.82, 2.24) is 10.2 Å². The highest BCUT2D eigenvalue weighted by Gasteiger charge is 2.18. The number of aromatic nitrogens is 2. The van der Waals surface area contributed by atoms with Crippen molar-refractivity contribution in [3.8, 4) is 0 Å². The van der Waals surface area contributed by atoms with Gasteiger partial charge >= 0.3 is 0 Å². The van der Waals surface area contributed by atoms with Crippen LogP contribution in [0.2, 0.25) is 0 Å². The molecule has 0 aromatic carbocycles. The highest BCUT2D eigenvalue weighted by atomic mass is 16.3. The molecule has 1 unspecified atom stereocenters. The van der Waals surface area contributed by atoms with Crippen molar-refractivity contribution in [3.63, 3.8) is 0 Å². The summed E-state index contributed by atoms with van der Waals surface area (Å²) in [6.07, 6.45) is 3.75. The van der Waals surface area contributed by atoms with Crippen molar-refractivity contribution >= 4 is 0 Å². The van der Waals surface area contributed by atoms with E-state index >= 15 is 0 Å². The Morgan fingerprint density at radius 3 is 2.67 bits per heavy atom. The van der Waals surface area contributed by atoms with E-state index in [1.54, 1.807) is 12.4 Å². The third-order valence-electron chi connectivity index (χ3n) is 1.71. The Kier molecular flexibility index (Phi) is 2.52. The maximum Gasteiger partial charge on any atom is 0.0825 e. The number of aliphatic hydroxyl groups is 1. The summed E-state index contributed by atoms with van der Waals surface area (Å²) >= 11 is 0. The summed E-state index contributed by atoms with van der Waals surface area (Å²) in [6.45, 7) is 6.32. The van der Waals surface area contributed by atoms with Crippen LogP contribution in [0.4, 0.5) is 0 Å². The first-order chi connectivity index (χ1) is 5.49. The monoisotopic (exact) mass is 168 g/mol. The molecule has 68 valence electrons. The van der Waals surface area contributed by atoms with Gasteiger partial charge in [0, 0.05) is 11.8 Å². The van der Waals surface area contributed by atoms with Gasteiger partial charge < -0.3 is 5.11 Å². The van der Waals surface area contributed by atoms with Crippen LogP contribution >= 0.6 is 0 Å². The molecule has 0 radical (unpaired) electrons. The Morgan fingerprint density at radius 2 is 2.25 bits per heavy atom. The minimum Gasteiger partial charge on any atom is -0.388 e. The Morgan fingerprint density at radius 1 is 1.58 bits per heavy atom. The van der Waals surface area contributed by atoms with Gasteiger partial charge in [0.2, 0.25) is 0 Å². The number of H-pyrrole nitrogens is 1. The van der Waals surface area contributed by atoms with Crippen LogP contribution < -0.4 is 0 Å². The van der Waals surface area contributed by atoms with Crippen molar-refractivity contribution < 1.29 is 5.11 Å². The smallest absolute Gasteiger partial charge is 0.0825 e. The Hall–Kier alpha value is -0.830. The Balaban J connectivity index is 2.56. The number of nitrogens with one attached hydrogen (secondary N) is 1. The lowest BCUT2D eigenvalue weighted by Crippen LogP contribution is -2.11. The lowest BCUT2D eigenvalue weighted by molar-refractivity contribution is 0.122. The molecule has 3 nitrogen and oxygen atoms in total. The van der Waals surface area contributed by atoms with Crippen LogP contribution in [0.5, 0.6) is 0 Å². The Bertz CT molecular complexity index is 223. The summed E-state index contributed by atoms with van der Waals surface area (Å²) in [6, 6.07) is 0. The normalized spacial score (nSPS) is 14.7. The highest BCUT2D eigenvalue weighted by molar-refractivity contribution is 5.06. The number of nitrogens with zero attached hydrogens (tertiary/aromatic N) is 1. The van der Waals surface area contributed by atoms with Gasteiger partial charge in [-0.1, -0.05) is 20.8 Å². The molecular formula is C9H16N2O. The van der Waals surface area contributed by atoms with Gasteiger partial charge in [0.25, 0.3) is 0 Å². The largest absolute Gasteiger partial charge is 0.388 e. The number of hydrogen-bond acceptors (Lipinski definition) is 2. The first kappa shape index (κ1) is 9.26. The zero-order valence-electron chi connectivity index (χ0n) is 7.83. The van der Waals surface area contributed by atoms with Crippen molar-refractivity contribution in [3.05, 3.63) is 18.0 Å². The summed E-state index contributed by atoms with van der Waals surface area (Å²) in [5.74, 6) is 0. The summed E-state index contributed by atoms with van der Waals surface area (Å²) in [7, 11) is 0. The fourth-order valence-corrected chi connectivity index (χ4v) is 1.14. The molecular weight excluding hydrogens is 152 g/mol. The lowest BCUT2D eigenvalue weighted by Gasteiger charge is -2.21. The number of rotatable bonds is 2. The number of aliphatic hydroxyl groups excluding tert-OH is 1. The van der Waals surface area contributed by atoms with Gasteiger partial charge in [-0.2, -0.15) is 5.10 Å². The summed E-state index contributed by atoms with van der Waals surface area (Å²) < 4.78 is 0. The standard InChI is InChI=1S/C9H16N2O/c1-9(2,3)4-8(12)7-5-10-11-6-7/h5-6,8,12H,4H2,1-3H3,(H,10,11). The molecule has 1 aromatic heterocycles. The zero-order chi connectivity index (χ0) is 9.19. The molecule has 0 saturated carbocycles. The third-order valence-corrected chi connectivity index (χ3v) is 1.71. The minimum absolute atomic E-state index is 0.149. The van der Waals surface area contributed by atoms with Crippen LogP contribution in [-0.4, -0.2) is 15.3 Å². The van der Waals surface area contributed by atoms with E-state index < -0.39 is 6.10 Å². The molecule has 0 amide bonds. The molecule has 0 bridgehead atoms. The second kappa shape index (κ2) is 3.27. The second-order valence-electron chi connectivity index (χ2n) is 4.31. The SMILES string of the molecule is CC(C)(C)CC(O)c1cn[nH]c1. The summed E-state index contributed by atoms with van der Waals surface area (Å²) in [5, 5.41) is 16.2. The van der Waals surface area contributed by atoms with Crippen molar-refractivity contribution in [1.29, 1.82) is 0 Å². The number of aromatic amines is 1. The van der Waals surface area contributed by atoms with E-state index in [9.17, 15) is 5.11 Å². The molecule has 0 fully saturated rings. The van der Waals surface area contributed by atoms with Crippen LogP contribution in [0, 0.1) is 5.41 Å². The lowest BCUT2D eigenvalue weighted by atomic mass is 9.88. The van der Waals surface area contributed by atoms with Gasteiger partial charge in [0.15, 0.2) is 0 Å². The van der Waals surface area contributed by atoms with E-state index in [2.05, 4.69) is 31.0 Å². The molecule has 0 saturated heterocycles. The van der Waals surface area contributed by atoms with E-state index in [1.165, 1.54) is 0 Å².